The molecule has 0 saturated carbocycles. The molecule has 0 aliphatic rings. The van der Waals surface area contributed by atoms with Gasteiger partial charge < -0.3 is 30.9 Å². The number of hydrogen-bond donors (Lipinski definition) is 5. The van der Waals surface area contributed by atoms with Crippen molar-refractivity contribution in [1.82, 2.24) is 0 Å². The first-order chi connectivity index (χ1) is 15.0. The predicted molar refractivity (Wildman–Crippen MR) is 125 cm³/mol. The molecule has 0 spiro atoms. The second-order valence-electron chi connectivity index (χ2n) is 8.64. The fraction of sp³-hybridized carbons (Fsp3) is 0.760. The molecule has 0 heterocycles. The molecule has 31 heavy (non-hydrogen) atoms. The number of rotatable bonds is 19. The van der Waals surface area contributed by atoms with E-state index < -0.39 is 24.5 Å². The van der Waals surface area contributed by atoms with E-state index in [0.29, 0.717) is 12.0 Å². The van der Waals surface area contributed by atoms with E-state index in [1.54, 1.807) is 18.2 Å². The Morgan fingerprint density at radius 2 is 1.32 bits per heavy atom. The largest absolute Gasteiger partial charge is 0.508 e. The number of nitrogens with two attached hydrogens (primary N) is 1. The summed E-state index contributed by atoms with van der Waals surface area (Å²) in [4.78, 5) is 0. The molecule has 6 heteroatoms. The number of aromatic hydroxyl groups is 1. The van der Waals surface area contributed by atoms with Crippen LogP contribution < -0.4 is 5.73 Å². The van der Waals surface area contributed by atoms with E-state index in [0.717, 1.165) is 19.3 Å². The lowest BCUT2D eigenvalue weighted by atomic mass is 9.99. The van der Waals surface area contributed by atoms with Crippen molar-refractivity contribution < 1.29 is 25.2 Å². The SMILES string of the molecule is CCCCCCCCCCCCCC[C@@H](O)[C@@H](O)[C@@H](N)C(O)OCc1ccccc1O. The summed E-state index contributed by atoms with van der Waals surface area (Å²) in [5.74, 6) is 0.0656. The fourth-order valence-electron chi connectivity index (χ4n) is 3.71. The highest BCUT2D eigenvalue weighted by molar-refractivity contribution is 5.30. The second kappa shape index (κ2) is 17.4. The quantitative estimate of drug-likeness (QED) is 0.161. The van der Waals surface area contributed by atoms with Crippen molar-refractivity contribution in [2.24, 2.45) is 5.73 Å². The van der Waals surface area contributed by atoms with Crippen LogP contribution in [0.25, 0.3) is 0 Å². The van der Waals surface area contributed by atoms with Gasteiger partial charge >= 0.3 is 0 Å². The zero-order chi connectivity index (χ0) is 22.9. The number of phenols is 1. The summed E-state index contributed by atoms with van der Waals surface area (Å²) in [6, 6.07) is 5.51. The van der Waals surface area contributed by atoms with Crippen LogP contribution in [0.2, 0.25) is 0 Å². The molecular weight excluding hydrogens is 394 g/mol. The highest BCUT2D eigenvalue weighted by Crippen LogP contribution is 2.18. The Bertz CT molecular complexity index is 556. The van der Waals surface area contributed by atoms with Gasteiger partial charge in [-0.1, -0.05) is 102 Å². The minimum Gasteiger partial charge on any atom is -0.508 e. The van der Waals surface area contributed by atoms with E-state index in [2.05, 4.69) is 6.92 Å². The number of aliphatic hydroxyl groups excluding tert-OH is 3. The summed E-state index contributed by atoms with van der Waals surface area (Å²) < 4.78 is 5.26. The van der Waals surface area contributed by atoms with Crippen LogP contribution in [-0.2, 0) is 11.3 Å². The molecule has 1 aromatic rings. The summed E-state index contributed by atoms with van der Waals surface area (Å²) >= 11 is 0. The molecular formula is C25H45NO5. The first kappa shape index (κ1) is 27.9. The summed E-state index contributed by atoms with van der Waals surface area (Å²) in [7, 11) is 0. The number of unbranched alkanes of at least 4 members (excludes halogenated alkanes) is 11. The van der Waals surface area contributed by atoms with E-state index in [-0.39, 0.29) is 12.4 Å². The molecule has 6 N–H and O–H groups in total. The van der Waals surface area contributed by atoms with Crippen LogP contribution in [0.1, 0.15) is 96.0 Å². The number of ether oxygens (including phenoxy) is 1. The third kappa shape index (κ3) is 12.4. The zero-order valence-corrected chi connectivity index (χ0v) is 19.3. The fourth-order valence-corrected chi connectivity index (χ4v) is 3.71. The van der Waals surface area contributed by atoms with Crippen LogP contribution in [0.5, 0.6) is 5.75 Å². The lowest BCUT2D eigenvalue weighted by Gasteiger charge is -2.27. The maximum atomic E-state index is 10.2. The van der Waals surface area contributed by atoms with E-state index >= 15 is 0 Å². The molecule has 0 fully saturated rings. The lowest BCUT2D eigenvalue weighted by Crippen LogP contribution is -2.51. The van der Waals surface area contributed by atoms with Crippen molar-refractivity contribution in [1.29, 1.82) is 0 Å². The normalized spacial score (nSPS) is 15.5. The molecule has 0 aliphatic carbocycles. The van der Waals surface area contributed by atoms with Crippen LogP contribution in [0.3, 0.4) is 0 Å². The Morgan fingerprint density at radius 3 is 1.87 bits per heavy atom. The number of aliphatic hydroxyl groups is 3. The molecule has 0 saturated heterocycles. The minimum atomic E-state index is -1.44. The Balaban J connectivity index is 2.08. The molecule has 0 bridgehead atoms. The van der Waals surface area contributed by atoms with Crippen molar-refractivity contribution in [3.8, 4) is 5.75 Å². The van der Waals surface area contributed by atoms with Crippen LogP contribution in [0.15, 0.2) is 24.3 Å². The van der Waals surface area contributed by atoms with Gasteiger partial charge in [0.2, 0.25) is 0 Å². The van der Waals surface area contributed by atoms with Crippen molar-refractivity contribution in [3.63, 3.8) is 0 Å². The summed E-state index contributed by atoms with van der Waals surface area (Å²) in [6.45, 7) is 2.20. The first-order valence-electron chi connectivity index (χ1n) is 12.2. The highest BCUT2D eigenvalue weighted by Gasteiger charge is 2.29. The predicted octanol–water partition coefficient (Wildman–Crippen LogP) is 4.37. The Kier molecular flexibility index (Phi) is 15.6. The van der Waals surface area contributed by atoms with Gasteiger partial charge in [-0.05, 0) is 12.5 Å². The molecule has 4 atom stereocenters. The first-order valence-corrected chi connectivity index (χ1v) is 12.2. The molecule has 0 aromatic heterocycles. The molecule has 0 aliphatic heterocycles. The molecule has 180 valence electrons. The van der Waals surface area contributed by atoms with Crippen LogP contribution >= 0.6 is 0 Å². The van der Waals surface area contributed by atoms with E-state index in [9.17, 15) is 20.4 Å². The van der Waals surface area contributed by atoms with Gasteiger partial charge in [-0.3, -0.25) is 0 Å². The number of hydrogen-bond acceptors (Lipinski definition) is 6. The molecule has 0 radical (unpaired) electrons. The lowest BCUT2D eigenvalue weighted by molar-refractivity contribution is -0.152. The highest BCUT2D eigenvalue weighted by atomic mass is 16.6. The number of benzene rings is 1. The summed E-state index contributed by atoms with van der Waals surface area (Å²) in [6.07, 6.45) is 11.6. The number of phenolic OH excluding ortho intramolecular Hbond substituents is 1. The molecule has 1 unspecified atom stereocenters. The molecule has 1 aromatic carbocycles. The summed E-state index contributed by atoms with van der Waals surface area (Å²) in [5.41, 5.74) is 6.37. The maximum absolute atomic E-state index is 10.2. The monoisotopic (exact) mass is 439 g/mol. The van der Waals surface area contributed by atoms with Crippen molar-refractivity contribution in [2.75, 3.05) is 0 Å². The van der Waals surface area contributed by atoms with Gasteiger partial charge in [0.1, 0.15) is 5.75 Å². The van der Waals surface area contributed by atoms with E-state index in [1.165, 1.54) is 63.9 Å². The van der Waals surface area contributed by atoms with Crippen molar-refractivity contribution >= 4 is 0 Å². The van der Waals surface area contributed by atoms with Crippen molar-refractivity contribution in [2.45, 2.75) is 122 Å². The van der Waals surface area contributed by atoms with Crippen LogP contribution in [0.4, 0.5) is 0 Å². The third-order valence-corrected chi connectivity index (χ3v) is 5.87. The van der Waals surface area contributed by atoms with E-state index in [4.69, 9.17) is 10.5 Å². The average Bonchev–Trinajstić information content (AvgIpc) is 2.77. The smallest absolute Gasteiger partial charge is 0.172 e. The summed E-state index contributed by atoms with van der Waals surface area (Å²) in [5, 5.41) is 40.2. The average molecular weight is 440 g/mol. The van der Waals surface area contributed by atoms with Gasteiger partial charge in [0.25, 0.3) is 0 Å². The molecule has 0 amide bonds. The van der Waals surface area contributed by atoms with Crippen LogP contribution in [0, 0.1) is 0 Å². The van der Waals surface area contributed by atoms with E-state index in [1.807, 2.05) is 0 Å². The van der Waals surface area contributed by atoms with Gasteiger partial charge in [0.05, 0.1) is 24.9 Å². The van der Waals surface area contributed by atoms with Gasteiger partial charge in [-0.15, -0.1) is 0 Å². The minimum absolute atomic E-state index is 0.0386. The van der Waals surface area contributed by atoms with Gasteiger partial charge in [0, 0.05) is 5.56 Å². The number of para-hydroxylation sites is 1. The van der Waals surface area contributed by atoms with Gasteiger partial charge in [0.15, 0.2) is 6.29 Å². The maximum Gasteiger partial charge on any atom is 0.172 e. The van der Waals surface area contributed by atoms with Gasteiger partial charge in [-0.2, -0.15) is 0 Å². The molecule has 1 rings (SSSR count). The zero-order valence-electron chi connectivity index (χ0n) is 19.3. The Labute approximate surface area is 188 Å². The topological polar surface area (TPSA) is 116 Å². The molecule has 6 nitrogen and oxygen atoms in total. The Morgan fingerprint density at radius 1 is 0.806 bits per heavy atom. The third-order valence-electron chi connectivity index (χ3n) is 5.87. The Hall–Kier alpha value is -1.18. The van der Waals surface area contributed by atoms with Crippen molar-refractivity contribution in [3.05, 3.63) is 29.8 Å². The standard InChI is InChI=1S/C25H45NO5/c1-2-3-4-5-6-7-8-9-10-11-12-13-18-22(28)24(29)23(26)25(30)31-19-20-16-14-15-17-21(20)27/h14-17,22-25,27-30H,2-13,18-19,26H2,1H3/t22-,23-,24-,25?/m1/s1. The van der Waals surface area contributed by atoms with Gasteiger partial charge in [-0.25, -0.2) is 0 Å². The second-order valence-corrected chi connectivity index (χ2v) is 8.64. The van der Waals surface area contributed by atoms with Crippen LogP contribution in [-0.4, -0.2) is 45.0 Å².